The summed E-state index contributed by atoms with van der Waals surface area (Å²) in [6.45, 7) is 4.64. The van der Waals surface area contributed by atoms with Crippen molar-refractivity contribution in [3.8, 4) is 0 Å². The summed E-state index contributed by atoms with van der Waals surface area (Å²) in [7, 11) is 2.19. The maximum Gasteiger partial charge on any atom is 0.0611 e. The van der Waals surface area contributed by atoms with Gasteiger partial charge in [-0.2, -0.15) is 0 Å². The zero-order valence-electron chi connectivity index (χ0n) is 12.1. The van der Waals surface area contributed by atoms with Crippen LogP contribution in [0.4, 0.5) is 0 Å². The molecule has 0 saturated heterocycles. The van der Waals surface area contributed by atoms with Crippen molar-refractivity contribution in [1.82, 2.24) is 4.90 Å². The Balaban J connectivity index is 1.83. The molecule has 3 nitrogen and oxygen atoms in total. The second-order valence-electron chi connectivity index (χ2n) is 5.57. The van der Waals surface area contributed by atoms with E-state index in [2.05, 4.69) is 49.2 Å². The number of hydrogen-bond acceptors (Lipinski definition) is 3. The third-order valence-corrected chi connectivity index (χ3v) is 4.39. The highest BCUT2D eigenvalue weighted by molar-refractivity contribution is 5.15. The van der Waals surface area contributed by atoms with Crippen LogP contribution in [0, 0.1) is 0 Å². The minimum atomic E-state index is 0.161. The van der Waals surface area contributed by atoms with Crippen LogP contribution in [0.15, 0.2) is 30.3 Å². The van der Waals surface area contributed by atoms with Crippen molar-refractivity contribution < 1.29 is 4.74 Å². The summed E-state index contributed by atoms with van der Waals surface area (Å²) in [5.41, 5.74) is 7.55. The van der Waals surface area contributed by atoms with Gasteiger partial charge in [-0.1, -0.05) is 30.3 Å². The van der Waals surface area contributed by atoms with E-state index in [1.165, 1.54) is 5.56 Å². The molecule has 0 amide bonds. The Bertz CT molecular complexity index is 374. The monoisotopic (exact) mass is 262 g/mol. The van der Waals surface area contributed by atoms with Gasteiger partial charge in [-0.25, -0.2) is 0 Å². The Labute approximate surface area is 116 Å². The van der Waals surface area contributed by atoms with E-state index in [1.54, 1.807) is 0 Å². The predicted octanol–water partition coefficient (Wildman–Crippen LogP) is 2.06. The second-order valence-corrected chi connectivity index (χ2v) is 5.57. The quantitative estimate of drug-likeness (QED) is 0.817. The van der Waals surface area contributed by atoms with Crippen LogP contribution in [0.2, 0.25) is 0 Å². The molecule has 2 rings (SSSR count). The molecule has 19 heavy (non-hydrogen) atoms. The third kappa shape index (κ3) is 3.35. The highest BCUT2D eigenvalue weighted by Crippen LogP contribution is 2.38. The first-order chi connectivity index (χ1) is 9.20. The fourth-order valence-corrected chi connectivity index (χ4v) is 2.95. The number of nitrogens with zero attached hydrogens (tertiary/aromatic N) is 1. The summed E-state index contributed by atoms with van der Waals surface area (Å²) in [5.74, 6) is 0. The van der Waals surface area contributed by atoms with Crippen molar-refractivity contribution in [2.45, 2.75) is 37.8 Å². The number of likely N-dealkylation sites (N-methyl/N-ethyl adjacent to an activating group) is 1. The molecule has 0 aliphatic heterocycles. The molecule has 1 aliphatic rings. The summed E-state index contributed by atoms with van der Waals surface area (Å²) in [6.07, 6.45) is 3.64. The molecular weight excluding hydrogens is 236 g/mol. The molecular formula is C16H26N2O. The molecule has 106 valence electrons. The van der Waals surface area contributed by atoms with Gasteiger partial charge in [0.1, 0.15) is 0 Å². The molecule has 0 bridgehead atoms. The largest absolute Gasteiger partial charge is 0.378 e. The van der Waals surface area contributed by atoms with Crippen molar-refractivity contribution in [2.24, 2.45) is 5.73 Å². The highest BCUT2D eigenvalue weighted by Gasteiger charge is 2.46. The van der Waals surface area contributed by atoms with Gasteiger partial charge in [-0.3, -0.25) is 4.90 Å². The fourth-order valence-electron chi connectivity index (χ4n) is 2.95. The lowest BCUT2D eigenvalue weighted by Crippen LogP contribution is -2.63. The molecule has 0 radical (unpaired) electrons. The van der Waals surface area contributed by atoms with Crippen molar-refractivity contribution in [1.29, 1.82) is 0 Å². The lowest BCUT2D eigenvalue weighted by molar-refractivity contribution is -0.0918. The molecule has 1 aromatic carbocycles. The molecule has 3 heteroatoms. The van der Waals surface area contributed by atoms with E-state index in [9.17, 15) is 0 Å². The normalized spacial score (nSPS) is 26.4. The summed E-state index contributed by atoms with van der Waals surface area (Å²) in [6, 6.07) is 10.6. The highest BCUT2D eigenvalue weighted by atomic mass is 16.5. The third-order valence-electron chi connectivity index (χ3n) is 4.39. The zero-order chi connectivity index (χ0) is 13.7. The van der Waals surface area contributed by atoms with Gasteiger partial charge in [0.25, 0.3) is 0 Å². The molecule has 0 spiro atoms. The molecule has 1 saturated carbocycles. The zero-order valence-corrected chi connectivity index (χ0v) is 12.1. The van der Waals surface area contributed by atoms with Gasteiger partial charge in [-0.15, -0.1) is 0 Å². The smallest absolute Gasteiger partial charge is 0.0611 e. The van der Waals surface area contributed by atoms with Crippen molar-refractivity contribution >= 4 is 0 Å². The maximum absolute atomic E-state index is 6.00. The minimum Gasteiger partial charge on any atom is -0.378 e. The van der Waals surface area contributed by atoms with Crippen LogP contribution in [-0.2, 0) is 11.2 Å². The Hall–Kier alpha value is -0.900. The maximum atomic E-state index is 6.00. The summed E-state index contributed by atoms with van der Waals surface area (Å²) < 4.78 is 5.67. The van der Waals surface area contributed by atoms with E-state index in [0.717, 1.165) is 39.0 Å². The molecule has 1 aliphatic carbocycles. The van der Waals surface area contributed by atoms with Gasteiger partial charge in [0.2, 0.25) is 0 Å². The first-order valence-electron chi connectivity index (χ1n) is 7.27. The van der Waals surface area contributed by atoms with Crippen LogP contribution < -0.4 is 5.73 Å². The van der Waals surface area contributed by atoms with Gasteiger partial charge >= 0.3 is 0 Å². The fraction of sp³-hybridized carbons (Fsp3) is 0.625. The second kappa shape index (κ2) is 6.51. The molecule has 0 atom stereocenters. The number of ether oxygens (including phenoxy) is 1. The van der Waals surface area contributed by atoms with Gasteiger partial charge in [-0.05, 0) is 38.8 Å². The van der Waals surface area contributed by atoms with Crippen LogP contribution >= 0.6 is 0 Å². The van der Waals surface area contributed by atoms with E-state index in [1.807, 2.05) is 0 Å². The Kier molecular flexibility index (Phi) is 4.97. The molecule has 0 unspecified atom stereocenters. The van der Waals surface area contributed by atoms with E-state index in [-0.39, 0.29) is 5.54 Å². The van der Waals surface area contributed by atoms with Crippen LogP contribution in [0.5, 0.6) is 0 Å². The Morgan fingerprint density at radius 3 is 2.58 bits per heavy atom. The summed E-state index contributed by atoms with van der Waals surface area (Å²) in [5, 5.41) is 0. The average Bonchev–Trinajstić information content (AvgIpc) is 2.41. The molecule has 1 aromatic rings. The Morgan fingerprint density at radius 1 is 1.32 bits per heavy atom. The van der Waals surface area contributed by atoms with E-state index >= 15 is 0 Å². The van der Waals surface area contributed by atoms with Gasteiger partial charge in [0.05, 0.1) is 6.10 Å². The van der Waals surface area contributed by atoms with Gasteiger partial charge in [0, 0.05) is 25.2 Å². The molecule has 1 fully saturated rings. The van der Waals surface area contributed by atoms with Gasteiger partial charge in [0.15, 0.2) is 0 Å². The van der Waals surface area contributed by atoms with Crippen LogP contribution in [0.1, 0.15) is 25.3 Å². The first kappa shape index (κ1) is 14.5. The number of benzene rings is 1. The SMILES string of the molecule is CCOC1CC(CN)(N(C)CCc2ccccc2)C1. The van der Waals surface area contributed by atoms with Gasteiger partial charge < -0.3 is 10.5 Å². The summed E-state index contributed by atoms with van der Waals surface area (Å²) in [4.78, 5) is 2.43. The number of nitrogens with two attached hydrogens (primary N) is 1. The number of hydrogen-bond donors (Lipinski definition) is 1. The lowest BCUT2D eigenvalue weighted by atomic mass is 9.73. The van der Waals surface area contributed by atoms with Crippen molar-refractivity contribution in [3.05, 3.63) is 35.9 Å². The van der Waals surface area contributed by atoms with Crippen molar-refractivity contribution in [3.63, 3.8) is 0 Å². The van der Waals surface area contributed by atoms with E-state index in [0.29, 0.717) is 6.10 Å². The average molecular weight is 262 g/mol. The first-order valence-corrected chi connectivity index (χ1v) is 7.27. The minimum absolute atomic E-state index is 0.161. The van der Waals surface area contributed by atoms with E-state index in [4.69, 9.17) is 10.5 Å². The lowest BCUT2D eigenvalue weighted by Gasteiger charge is -2.52. The summed E-state index contributed by atoms with van der Waals surface area (Å²) >= 11 is 0. The van der Waals surface area contributed by atoms with Crippen LogP contribution in [-0.4, -0.2) is 43.3 Å². The number of rotatable bonds is 7. The standard InChI is InChI=1S/C16H26N2O/c1-3-19-15-11-16(12-15,13-17)18(2)10-9-14-7-5-4-6-8-14/h4-8,15H,3,9-13,17H2,1-2H3. The van der Waals surface area contributed by atoms with E-state index < -0.39 is 0 Å². The predicted molar refractivity (Wildman–Crippen MR) is 79.2 cm³/mol. The van der Waals surface area contributed by atoms with Crippen LogP contribution in [0.3, 0.4) is 0 Å². The van der Waals surface area contributed by atoms with Crippen LogP contribution in [0.25, 0.3) is 0 Å². The molecule has 2 N–H and O–H groups in total. The molecule has 0 aromatic heterocycles. The molecule has 0 heterocycles. The topological polar surface area (TPSA) is 38.5 Å². The van der Waals surface area contributed by atoms with Crippen molar-refractivity contribution in [2.75, 3.05) is 26.7 Å². The Morgan fingerprint density at radius 2 is 2.00 bits per heavy atom.